The van der Waals surface area contributed by atoms with Gasteiger partial charge in [-0.05, 0) is 42.0 Å². The molecule has 5 heteroatoms. The SMILES string of the molecule is CS(=O)(=O)c1ccc(N=Cc2ccc(F)cc2)cc1. The van der Waals surface area contributed by atoms with E-state index in [1.165, 1.54) is 24.3 Å². The molecule has 0 radical (unpaired) electrons. The summed E-state index contributed by atoms with van der Waals surface area (Å²) in [5.74, 6) is -0.297. The van der Waals surface area contributed by atoms with Crippen LogP contribution in [0.15, 0.2) is 58.4 Å². The number of nitrogens with zero attached hydrogens (tertiary/aromatic N) is 1. The Labute approximate surface area is 111 Å². The van der Waals surface area contributed by atoms with Gasteiger partial charge in [0.05, 0.1) is 10.6 Å². The number of sulfone groups is 1. The van der Waals surface area contributed by atoms with Gasteiger partial charge < -0.3 is 0 Å². The minimum absolute atomic E-state index is 0.258. The van der Waals surface area contributed by atoms with Crippen LogP contribution in [0.3, 0.4) is 0 Å². The fourth-order valence-electron chi connectivity index (χ4n) is 1.48. The van der Waals surface area contributed by atoms with Crippen molar-refractivity contribution in [2.45, 2.75) is 4.90 Å². The Morgan fingerprint density at radius 3 is 2.11 bits per heavy atom. The third-order valence-corrected chi connectivity index (χ3v) is 3.63. The highest BCUT2D eigenvalue weighted by atomic mass is 32.2. The Morgan fingerprint density at radius 2 is 1.58 bits per heavy atom. The molecule has 0 saturated heterocycles. The average molecular weight is 277 g/mol. The molecule has 0 heterocycles. The Bertz CT molecular complexity index is 689. The Kier molecular flexibility index (Phi) is 3.76. The summed E-state index contributed by atoms with van der Waals surface area (Å²) in [6, 6.07) is 12.2. The molecule has 0 saturated carbocycles. The van der Waals surface area contributed by atoms with Crippen molar-refractivity contribution >= 4 is 21.7 Å². The summed E-state index contributed by atoms with van der Waals surface area (Å²) >= 11 is 0. The van der Waals surface area contributed by atoms with Crippen LogP contribution in [0, 0.1) is 5.82 Å². The summed E-state index contributed by atoms with van der Waals surface area (Å²) in [5, 5.41) is 0. The number of benzene rings is 2. The van der Waals surface area contributed by atoms with E-state index >= 15 is 0 Å². The third-order valence-electron chi connectivity index (χ3n) is 2.50. The van der Waals surface area contributed by atoms with Crippen LogP contribution in [0.25, 0.3) is 0 Å². The highest BCUT2D eigenvalue weighted by Crippen LogP contribution is 2.16. The molecule has 0 bridgehead atoms. The highest BCUT2D eigenvalue weighted by Gasteiger charge is 2.05. The number of aliphatic imine (C=N–C) groups is 1. The van der Waals surface area contributed by atoms with Gasteiger partial charge in [-0.3, -0.25) is 4.99 Å². The molecule has 0 fully saturated rings. The normalized spacial score (nSPS) is 11.9. The van der Waals surface area contributed by atoms with Crippen molar-refractivity contribution in [2.75, 3.05) is 6.26 Å². The van der Waals surface area contributed by atoms with Crippen LogP contribution in [0.4, 0.5) is 10.1 Å². The fraction of sp³-hybridized carbons (Fsp3) is 0.0714. The van der Waals surface area contributed by atoms with E-state index in [1.807, 2.05) is 0 Å². The maximum atomic E-state index is 12.7. The largest absolute Gasteiger partial charge is 0.256 e. The van der Waals surface area contributed by atoms with Crippen molar-refractivity contribution in [1.82, 2.24) is 0 Å². The summed E-state index contributed by atoms with van der Waals surface area (Å²) in [6.07, 6.45) is 2.75. The Hall–Kier alpha value is -2.01. The average Bonchev–Trinajstić information content (AvgIpc) is 2.37. The zero-order valence-electron chi connectivity index (χ0n) is 10.2. The van der Waals surface area contributed by atoms with Gasteiger partial charge in [0.1, 0.15) is 5.82 Å². The second kappa shape index (κ2) is 5.32. The van der Waals surface area contributed by atoms with Gasteiger partial charge in [0.2, 0.25) is 0 Å². The molecular formula is C14H12FNO2S. The van der Waals surface area contributed by atoms with Gasteiger partial charge in [-0.2, -0.15) is 0 Å². The van der Waals surface area contributed by atoms with E-state index < -0.39 is 9.84 Å². The lowest BCUT2D eigenvalue weighted by atomic mass is 10.2. The van der Waals surface area contributed by atoms with Crippen LogP contribution in [0.2, 0.25) is 0 Å². The van der Waals surface area contributed by atoms with E-state index in [0.29, 0.717) is 5.69 Å². The highest BCUT2D eigenvalue weighted by molar-refractivity contribution is 7.90. The van der Waals surface area contributed by atoms with Crippen LogP contribution in [-0.4, -0.2) is 20.9 Å². The second-order valence-electron chi connectivity index (χ2n) is 4.08. The van der Waals surface area contributed by atoms with Gasteiger partial charge in [0.25, 0.3) is 0 Å². The van der Waals surface area contributed by atoms with Crippen LogP contribution >= 0.6 is 0 Å². The summed E-state index contributed by atoms with van der Waals surface area (Å²) in [6.45, 7) is 0. The summed E-state index contributed by atoms with van der Waals surface area (Å²) in [5.41, 5.74) is 1.41. The second-order valence-corrected chi connectivity index (χ2v) is 6.09. The van der Waals surface area contributed by atoms with Crippen LogP contribution < -0.4 is 0 Å². The molecule has 3 nitrogen and oxygen atoms in total. The van der Waals surface area contributed by atoms with E-state index in [4.69, 9.17) is 0 Å². The van der Waals surface area contributed by atoms with Crippen molar-refractivity contribution in [2.24, 2.45) is 4.99 Å². The molecule has 0 aliphatic rings. The molecule has 0 aliphatic carbocycles. The molecule has 2 aromatic carbocycles. The molecule has 98 valence electrons. The molecule has 19 heavy (non-hydrogen) atoms. The lowest BCUT2D eigenvalue weighted by molar-refractivity contribution is 0.602. The summed E-state index contributed by atoms with van der Waals surface area (Å²) < 4.78 is 35.3. The number of halogens is 1. The van der Waals surface area contributed by atoms with Gasteiger partial charge in [-0.1, -0.05) is 12.1 Å². The first-order valence-corrected chi connectivity index (χ1v) is 7.44. The molecule has 0 N–H and O–H groups in total. The lowest BCUT2D eigenvalue weighted by Crippen LogP contribution is -1.95. The van der Waals surface area contributed by atoms with E-state index in [2.05, 4.69) is 4.99 Å². The lowest BCUT2D eigenvalue weighted by Gasteiger charge is -1.98. The van der Waals surface area contributed by atoms with Crippen LogP contribution in [0.5, 0.6) is 0 Å². The van der Waals surface area contributed by atoms with E-state index in [0.717, 1.165) is 11.8 Å². The van der Waals surface area contributed by atoms with Gasteiger partial charge >= 0.3 is 0 Å². The van der Waals surface area contributed by atoms with Crippen molar-refractivity contribution < 1.29 is 12.8 Å². The molecule has 2 rings (SSSR count). The van der Waals surface area contributed by atoms with E-state index in [1.54, 1.807) is 30.5 Å². The van der Waals surface area contributed by atoms with Crippen molar-refractivity contribution in [1.29, 1.82) is 0 Å². The van der Waals surface area contributed by atoms with Crippen molar-refractivity contribution in [3.8, 4) is 0 Å². The van der Waals surface area contributed by atoms with Gasteiger partial charge in [0.15, 0.2) is 9.84 Å². The topological polar surface area (TPSA) is 46.5 Å². The first kappa shape index (κ1) is 13.4. The fourth-order valence-corrected chi connectivity index (χ4v) is 2.11. The first-order valence-electron chi connectivity index (χ1n) is 5.55. The Balaban J connectivity index is 2.18. The molecule has 0 aromatic heterocycles. The zero-order chi connectivity index (χ0) is 13.9. The maximum absolute atomic E-state index is 12.7. The summed E-state index contributed by atoms with van der Waals surface area (Å²) in [7, 11) is -3.18. The minimum Gasteiger partial charge on any atom is -0.256 e. The van der Waals surface area contributed by atoms with Crippen LogP contribution in [-0.2, 0) is 9.84 Å². The van der Waals surface area contributed by atoms with Gasteiger partial charge in [0, 0.05) is 12.5 Å². The molecule has 0 amide bonds. The Morgan fingerprint density at radius 1 is 1.00 bits per heavy atom. The van der Waals surface area contributed by atoms with Gasteiger partial charge in [-0.25, -0.2) is 12.8 Å². The predicted octanol–water partition coefficient (Wildman–Crippen LogP) is 2.98. The standard InChI is InChI=1S/C14H12FNO2S/c1-19(17,18)14-8-6-13(7-9-14)16-10-11-2-4-12(15)5-3-11/h2-10H,1H3. The zero-order valence-corrected chi connectivity index (χ0v) is 11.1. The molecule has 2 aromatic rings. The smallest absolute Gasteiger partial charge is 0.175 e. The van der Waals surface area contributed by atoms with E-state index in [9.17, 15) is 12.8 Å². The predicted molar refractivity (Wildman–Crippen MR) is 73.2 cm³/mol. The van der Waals surface area contributed by atoms with Crippen molar-refractivity contribution in [3.63, 3.8) is 0 Å². The van der Waals surface area contributed by atoms with Gasteiger partial charge in [-0.15, -0.1) is 0 Å². The van der Waals surface area contributed by atoms with Crippen LogP contribution in [0.1, 0.15) is 5.56 Å². The summed E-state index contributed by atoms with van der Waals surface area (Å²) in [4.78, 5) is 4.44. The monoisotopic (exact) mass is 277 g/mol. The number of hydrogen-bond acceptors (Lipinski definition) is 3. The molecular weight excluding hydrogens is 265 g/mol. The van der Waals surface area contributed by atoms with Crippen molar-refractivity contribution in [3.05, 3.63) is 59.9 Å². The first-order chi connectivity index (χ1) is 8.95. The quantitative estimate of drug-likeness (QED) is 0.810. The maximum Gasteiger partial charge on any atom is 0.175 e. The molecule has 0 aliphatic heterocycles. The number of hydrogen-bond donors (Lipinski definition) is 0. The molecule has 0 unspecified atom stereocenters. The third kappa shape index (κ3) is 3.72. The minimum atomic E-state index is -3.18. The molecule has 0 spiro atoms. The number of rotatable bonds is 3. The van der Waals surface area contributed by atoms with E-state index in [-0.39, 0.29) is 10.7 Å². The molecule has 0 atom stereocenters.